The Balaban J connectivity index is 1.65. The molecule has 1 atom stereocenters. The zero-order chi connectivity index (χ0) is 22.9. The summed E-state index contributed by atoms with van der Waals surface area (Å²) in [5.41, 5.74) is 3.30. The molecule has 32 heavy (non-hydrogen) atoms. The number of aromatic nitrogens is 1. The molecule has 0 spiro atoms. The van der Waals surface area contributed by atoms with Crippen molar-refractivity contribution in [2.45, 2.75) is 17.9 Å². The Bertz CT molecular complexity index is 1230. The Morgan fingerprint density at radius 3 is 2.81 bits per heavy atom. The number of thiazole rings is 1. The van der Waals surface area contributed by atoms with Gasteiger partial charge in [0.25, 0.3) is 0 Å². The standard InChI is InChI=1S/C19H18Cl2FIN5O2S2/c1-11-7-25-23-9-28(11)17-4-12(20)2-3-15(17)26-16-6-14(22)18(5-13(16)21)32(29,30)27-19-8-31-10-24-19/h2-6,8,10-11,25-27H,7,9H2,1H3/q-1/t11-/m1/s1. The summed E-state index contributed by atoms with van der Waals surface area (Å²) in [7, 11) is -4.19. The van der Waals surface area contributed by atoms with E-state index in [4.69, 9.17) is 23.2 Å². The summed E-state index contributed by atoms with van der Waals surface area (Å²) in [6.45, 7) is 2.98. The Morgan fingerprint density at radius 1 is 1.28 bits per heavy atom. The van der Waals surface area contributed by atoms with Gasteiger partial charge in [0.05, 0.1) is 5.51 Å². The van der Waals surface area contributed by atoms with E-state index in [1.165, 1.54) is 22.2 Å². The maximum atomic E-state index is 14.9. The van der Waals surface area contributed by atoms with Crippen LogP contribution in [0.4, 0.5) is 27.3 Å². The van der Waals surface area contributed by atoms with Crippen LogP contribution in [0, 0.1) is 5.82 Å². The second kappa shape index (κ2) is 9.85. The summed E-state index contributed by atoms with van der Waals surface area (Å²) in [4.78, 5) is 5.55. The summed E-state index contributed by atoms with van der Waals surface area (Å²) in [6, 6.07) is 7.80. The fourth-order valence-electron chi connectivity index (χ4n) is 3.08. The van der Waals surface area contributed by atoms with Crippen LogP contribution in [0.3, 0.4) is 0 Å². The van der Waals surface area contributed by atoms with E-state index in [1.807, 2.05) is 6.07 Å². The van der Waals surface area contributed by atoms with Gasteiger partial charge in [-0.25, -0.2) is 4.98 Å². The van der Waals surface area contributed by atoms with Gasteiger partial charge in [0, 0.05) is 5.38 Å². The van der Waals surface area contributed by atoms with Crippen LogP contribution in [-0.2, 0) is 10.0 Å². The molecule has 13 heteroatoms. The molecule has 1 aromatic heterocycles. The first-order valence-electron chi connectivity index (χ1n) is 9.29. The van der Waals surface area contributed by atoms with Crippen molar-refractivity contribution < 1.29 is 34.3 Å². The third-order valence-electron chi connectivity index (χ3n) is 4.71. The van der Waals surface area contributed by atoms with Gasteiger partial charge in [0.1, 0.15) is 0 Å². The van der Waals surface area contributed by atoms with Crippen molar-refractivity contribution >= 4 is 67.4 Å². The minimum atomic E-state index is -4.19. The Labute approximate surface area is 210 Å². The van der Waals surface area contributed by atoms with Crippen molar-refractivity contribution in [1.82, 2.24) is 8.51 Å². The van der Waals surface area contributed by atoms with Gasteiger partial charge in [0.2, 0.25) is 0 Å². The Morgan fingerprint density at radius 2 is 2.09 bits per heavy atom. The second-order valence-corrected chi connectivity index (χ2v) is 12.4. The summed E-state index contributed by atoms with van der Waals surface area (Å²) in [6.07, 6.45) is 0. The molecule has 1 aliphatic heterocycles. The SMILES string of the molecule is C[C@@H]1CN[I-]CN1c1cc(Cl)ccc1Nc1cc(F)c(S(=O)(=O)Nc2cscn2)cc1Cl. The summed E-state index contributed by atoms with van der Waals surface area (Å²) >= 11 is 13.7. The first kappa shape index (κ1) is 23.8. The van der Waals surface area contributed by atoms with Crippen molar-refractivity contribution in [3.63, 3.8) is 0 Å². The molecule has 2 heterocycles. The van der Waals surface area contributed by atoms with Gasteiger partial charge in [0.15, 0.2) is 0 Å². The molecule has 7 nitrogen and oxygen atoms in total. The van der Waals surface area contributed by atoms with E-state index >= 15 is 0 Å². The van der Waals surface area contributed by atoms with Crippen LogP contribution in [-0.4, -0.2) is 30.5 Å². The summed E-state index contributed by atoms with van der Waals surface area (Å²) < 4.78 is 46.6. The zero-order valence-electron chi connectivity index (χ0n) is 16.6. The predicted molar refractivity (Wildman–Crippen MR) is 124 cm³/mol. The molecule has 0 aliphatic carbocycles. The van der Waals surface area contributed by atoms with E-state index in [0.717, 1.165) is 28.9 Å². The number of benzene rings is 2. The van der Waals surface area contributed by atoms with Crippen molar-refractivity contribution in [2.75, 3.05) is 26.0 Å². The molecule has 4 rings (SSSR count). The van der Waals surface area contributed by atoms with E-state index in [9.17, 15) is 12.8 Å². The van der Waals surface area contributed by atoms with E-state index in [0.29, 0.717) is 10.7 Å². The fourth-order valence-corrected chi connectivity index (χ4v) is 7.77. The minimum absolute atomic E-state index is 0.0618. The van der Waals surface area contributed by atoms with Crippen LogP contribution in [0.15, 0.2) is 46.1 Å². The van der Waals surface area contributed by atoms with E-state index in [1.54, 1.807) is 12.1 Å². The molecule has 0 amide bonds. The number of rotatable bonds is 6. The monoisotopic (exact) mass is 628 g/mol. The summed E-state index contributed by atoms with van der Waals surface area (Å²) in [5, 5.41) is 5.30. The van der Waals surface area contributed by atoms with Gasteiger partial charge in [-0.3, -0.25) is 0 Å². The number of nitrogens with one attached hydrogen (secondary N) is 3. The number of anilines is 4. The molecule has 1 fully saturated rings. The molecule has 3 aromatic rings. The van der Waals surface area contributed by atoms with Crippen LogP contribution >= 0.6 is 34.5 Å². The average Bonchev–Trinajstić information content (AvgIpc) is 3.24. The first-order chi connectivity index (χ1) is 15.2. The van der Waals surface area contributed by atoms with E-state index in [-0.39, 0.29) is 44.0 Å². The average molecular weight is 629 g/mol. The molecule has 0 bridgehead atoms. The van der Waals surface area contributed by atoms with Gasteiger partial charge in [-0.15, -0.1) is 11.3 Å². The normalized spacial score (nSPS) is 17.0. The van der Waals surface area contributed by atoms with Crippen LogP contribution < -0.4 is 39.9 Å². The molecular weight excluding hydrogens is 611 g/mol. The first-order valence-corrected chi connectivity index (χ1v) is 15.1. The van der Waals surface area contributed by atoms with Gasteiger partial charge >= 0.3 is 184 Å². The van der Waals surface area contributed by atoms with Crippen molar-refractivity contribution in [1.29, 1.82) is 0 Å². The molecule has 0 saturated carbocycles. The van der Waals surface area contributed by atoms with Crippen LogP contribution in [0.1, 0.15) is 6.92 Å². The van der Waals surface area contributed by atoms with Crippen molar-refractivity contribution in [2.24, 2.45) is 0 Å². The van der Waals surface area contributed by atoms with E-state index in [2.05, 4.69) is 30.4 Å². The Hall–Kier alpha value is -1.38. The number of nitrogens with zero attached hydrogens (tertiary/aromatic N) is 2. The quantitative estimate of drug-likeness (QED) is 0.167. The van der Waals surface area contributed by atoms with E-state index < -0.39 is 20.7 Å². The number of hydrogen-bond donors (Lipinski definition) is 3. The zero-order valence-corrected chi connectivity index (χ0v) is 21.9. The number of hydrogen-bond acceptors (Lipinski definition) is 7. The molecular formula is C19H18Cl2FIN5O2S2-. The maximum absolute atomic E-state index is 14.9. The molecule has 0 radical (unpaired) electrons. The number of halogens is 4. The third kappa shape index (κ3) is 5.23. The van der Waals surface area contributed by atoms with Gasteiger partial charge in [-0.1, -0.05) is 0 Å². The Kier molecular flexibility index (Phi) is 7.32. The van der Waals surface area contributed by atoms with Gasteiger partial charge in [-0.05, 0) is 0 Å². The van der Waals surface area contributed by atoms with Gasteiger partial charge < -0.3 is 0 Å². The van der Waals surface area contributed by atoms with Crippen LogP contribution in [0.2, 0.25) is 10.0 Å². The second-order valence-electron chi connectivity index (χ2n) is 6.94. The molecule has 2 aromatic carbocycles. The predicted octanol–water partition coefficient (Wildman–Crippen LogP) is 1.89. The number of alkyl halides is 1. The molecule has 1 saturated heterocycles. The molecule has 0 unspecified atom stereocenters. The van der Waals surface area contributed by atoms with Crippen molar-refractivity contribution in [3.05, 3.63) is 57.1 Å². The molecule has 172 valence electrons. The molecule has 1 aliphatic rings. The van der Waals surface area contributed by atoms with Crippen LogP contribution in [0.5, 0.6) is 0 Å². The number of sulfonamides is 1. The van der Waals surface area contributed by atoms with Crippen LogP contribution in [0.25, 0.3) is 0 Å². The third-order valence-corrected chi connectivity index (χ3v) is 9.27. The van der Waals surface area contributed by atoms with Gasteiger partial charge in [-0.2, -0.15) is 0 Å². The fraction of sp³-hybridized carbons (Fsp3) is 0.211. The van der Waals surface area contributed by atoms with Crippen molar-refractivity contribution in [3.8, 4) is 0 Å². The summed E-state index contributed by atoms with van der Waals surface area (Å²) in [5.74, 6) is -0.817. The molecule has 3 N–H and O–H groups in total. The topological polar surface area (TPSA) is 86.4 Å².